The minimum atomic E-state index is -0.207. The van der Waals surface area contributed by atoms with Gasteiger partial charge in [-0.15, -0.1) is 0 Å². The molecule has 0 saturated carbocycles. The van der Waals surface area contributed by atoms with Crippen LogP contribution in [-0.4, -0.2) is 36.1 Å². The fraction of sp³-hybridized carbons (Fsp3) is 0.615. The number of aromatic nitrogens is 2. The summed E-state index contributed by atoms with van der Waals surface area (Å²) in [4.78, 5) is 20.0. The molecule has 1 aromatic heterocycles. The van der Waals surface area contributed by atoms with Gasteiger partial charge in [0.15, 0.2) is 0 Å². The summed E-state index contributed by atoms with van der Waals surface area (Å²) in [5, 5.41) is 6.11. The van der Waals surface area contributed by atoms with Crippen LogP contribution in [0.25, 0.3) is 0 Å². The molecule has 0 amide bonds. The smallest absolute Gasteiger partial charge is 0.307 e. The van der Waals surface area contributed by atoms with E-state index in [4.69, 9.17) is 4.74 Å². The second-order valence-corrected chi connectivity index (χ2v) is 4.38. The van der Waals surface area contributed by atoms with Crippen molar-refractivity contribution >= 4 is 17.6 Å². The Hall–Kier alpha value is -1.85. The molecule has 19 heavy (non-hydrogen) atoms. The lowest BCUT2D eigenvalue weighted by Gasteiger charge is -2.11. The maximum atomic E-state index is 11.2. The SMILES string of the molecule is CCOC(=O)CCNc1cc(NC)nc(C(C)C)n1. The van der Waals surface area contributed by atoms with Crippen molar-refractivity contribution in [3.63, 3.8) is 0 Å². The lowest BCUT2D eigenvalue weighted by atomic mass is 10.2. The minimum Gasteiger partial charge on any atom is -0.466 e. The zero-order valence-electron chi connectivity index (χ0n) is 12.0. The van der Waals surface area contributed by atoms with Crippen LogP contribution in [0.1, 0.15) is 38.9 Å². The van der Waals surface area contributed by atoms with Gasteiger partial charge in [-0.25, -0.2) is 9.97 Å². The van der Waals surface area contributed by atoms with Gasteiger partial charge in [0, 0.05) is 25.6 Å². The molecule has 1 aromatic rings. The number of nitrogens with one attached hydrogen (secondary N) is 2. The van der Waals surface area contributed by atoms with E-state index in [1.165, 1.54) is 0 Å². The Kier molecular flexibility index (Phi) is 6.05. The van der Waals surface area contributed by atoms with Gasteiger partial charge in [0.2, 0.25) is 0 Å². The Morgan fingerprint density at radius 1 is 1.37 bits per heavy atom. The quantitative estimate of drug-likeness (QED) is 0.735. The highest BCUT2D eigenvalue weighted by Crippen LogP contribution is 2.16. The number of esters is 1. The van der Waals surface area contributed by atoms with Crippen molar-refractivity contribution in [2.75, 3.05) is 30.8 Å². The molecule has 0 aromatic carbocycles. The zero-order valence-corrected chi connectivity index (χ0v) is 12.0. The van der Waals surface area contributed by atoms with Gasteiger partial charge >= 0.3 is 5.97 Å². The first kappa shape index (κ1) is 15.2. The van der Waals surface area contributed by atoms with Crippen LogP contribution in [0, 0.1) is 0 Å². The monoisotopic (exact) mass is 266 g/mol. The average Bonchev–Trinajstić information content (AvgIpc) is 2.38. The molecule has 0 bridgehead atoms. The summed E-state index contributed by atoms with van der Waals surface area (Å²) in [7, 11) is 1.81. The zero-order chi connectivity index (χ0) is 14.3. The van der Waals surface area contributed by atoms with Gasteiger partial charge in [-0.3, -0.25) is 4.79 Å². The molecule has 0 fully saturated rings. The molecule has 0 saturated heterocycles. The first-order chi connectivity index (χ1) is 9.06. The van der Waals surface area contributed by atoms with Crippen LogP contribution in [0.2, 0.25) is 0 Å². The van der Waals surface area contributed by atoms with Crippen molar-refractivity contribution in [3.05, 3.63) is 11.9 Å². The molecule has 6 heteroatoms. The molecule has 0 aliphatic rings. The molecule has 0 aliphatic heterocycles. The van der Waals surface area contributed by atoms with E-state index in [-0.39, 0.29) is 11.9 Å². The third-order valence-electron chi connectivity index (χ3n) is 2.46. The van der Waals surface area contributed by atoms with E-state index in [1.807, 2.05) is 27.0 Å². The lowest BCUT2D eigenvalue weighted by Crippen LogP contribution is -2.13. The summed E-state index contributed by atoms with van der Waals surface area (Å²) in [6.45, 7) is 6.78. The third kappa shape index (κ3) is 5.11. The second-order valence-electron chi connectivity index (χ2n) is 4.38. The van der Waals surface area contributed by atoms with Crippen LogP contribution in [0.4, 0.5) is 11.6 Å². The fourth-order valence-electron chi connectivity index (χ4n) is 1.47. The number of anilines is 2. The summed E-state index contributed by atoms with van der Waals surface area (Å²) in [6.07, 6.45) is 0.323. The van der Waals surface area contributed by atoms with Crippen molar-refractivity contribution in [2.45, 2.75) is 33.1 Å². The van der Waals surface area contributed by atoms with Crippen molar-refractivity contribution in [2.24, 2.45) is 0 Å². The Bertz CT molecular complexity index is 421. The Balaban J connectivity index is 2.62. The molecule has 1 heterocycles. The maximum absolute atomic E-state index is 11.2. The van der Waals surface area contributed by atoms with E-state index in [0.717, 1.165) is 11.6 Å². The first-order valence-electron chi connectivity index (χ1n) is 6.53. The topological polar surface area (TPSA) is 76.1 Å². The third-order valence-corrected chi connectivity index (χ3v) is 2.46. The highest BCUT2D eigenvalue weighted by atomic mass is 16.5. The van der Waals surface area contributed by atoms with Gasteiger partial charge in [-0.2, -0.15) is 0 Å². The summed E-state index contributed by atoms with van der Waals surface area (Å²) in [5.41, 5.74) is 0. The number of nitrogens with zero attached hydrogens (tertiary/aromatic N) is 2. The van der Waals surface area contributed by atoms with Gasteiger partial charge in [0.1, 0.15) is 17.5 Å². The van der Waals surface area contributed by atoms with E-state index >= 15 is 0 Å². The lowest BCUT2D eigenvalue weighted by molar-refractivity contribution is -0.142. The van der Waals surface area contributed by atoms with Crippen molar-refractivity contribution < 1.29 is 9.53 Å². The Labute approximate surface area is 114 Å². The predicted molar refractivity (Wildman–Crippen MR) is 75.4 cm³/mol. The number of rotatable bonds is 7. The van der Waals surface area contributed by atoms with E-state index in [9.17, 15) is 4.79 Å². The van der Waals surface area contributed by atoms with Crippen LogP contribution < -0.4 is 10.6 Å². The van der Waals surface area contributed by atoms with E-state index < -0.39 is 0 Å². The molecular formula is C13H22N4O2. The molecule has 1 rings (SSSR count). The van der Waals surface area contributed by atoms with Gasteiger partial charge < -0.3 is 15.4 Å². The van der Waals surface area contributed by atoms with E-state index in [1.54, 1.807) is 6.92 Å². The number of hydrogen-bond acceptors (Lipinski definition) is 6. The molecule has 0 aliphatic carbocycles. The Morgan fingerprint density at radius 3 is 2.63 bits per heavy atom. The normalized spacial score (nSPS) is 10.4. The van der Waals surface area contributed by atoms with Crippen LogP contribution in [0.5, 0.6) is 0 Å². The van der Waals surface area contributed by atoms with Crippen LogP contribution >= 0.6 is 0 Å². The molecule has 6 nitrogen and oxygen atoms in total. The summed E-state index contributed by atoms with van der Waals surface area (Å²) >= 11 is 0. The molecule has 2 N–H and O–H groups in total. The summed E-state index contributed by atoms with van der Waals surface area (Å²) < 4.78 is 4.86. The molecule has 0 spiro atoms. The minimum absolute atomic E-state index is 0.207. The molecule has 0 unspecified atom stereocenters. The Morgan fingerprint density at radius 2 is 2.05 bits per heavy atom. The van der Waals surface area contributed by atoms with E-state index in [0.29, 0.717) is 25.4 Å². The van der Waals surface area contributed by atoms with Crippen LogP contribution in [0.3, 0.4) is 0 Å². The van der Waals surface area contributed by atoms with Crippen molar-refractivity contribution in [1.29, 1.82) is 0 Å². The largest absolute Gasteiger partial charge is 0.466 e. The second kappa shape index (κ2) is 7.56. The molecule has 0 radical (unpaired) electrons. The van der Waals surface area contributed by atoms with Gasteiger partial charge in [0.25, 0.3) is 0 Å². The first-order valence-corrected chi connectivity index (χ1v) is 6.53. The number of ether oxygens (including phenoxy) is 1. The number of carbonyl (C=O) groups is 1. The number of hydrogen-bond donors (Lipinski definition) is 2. The standard InChI is InChI=1S/C13H22N4O2/c1-5-19-12(18)6-7-15-11-8-10(14-4)16-13(17-11)9(2)3/h8-9H,5-7H2,1-4H3,(H2,14,15,16,17). The average molecular weight is 266 g/mol. The van der Waals surface area contributed by atoms with Crippen molar-refractivity contribution in [3.8, 4) is 0 Å². The van der Waals surface area contributed by atoms with Gasteiger partial charge in [-0.1, -0.05) is 13.8 Å². The van der Waals surface area contributed by atoms with Gasteiger partial charge in [-0.05, 0) is 6.92 Å². The molecule has 0 atom stereocenters. The van der Waals surface area contributed by atoms with Gasteiger partial charge in [0.05, 0.1) is 13.0 Å². The molecular weight excluding hydrogens is 244 g/mol. The molecule has 106 valence electrons. The highest BCUT2D eigenvalue weighted by Gasteiger charge is 2.08. The fourth-order valence-corrected chi connectivity index (χ4v) is 1.47. The highest BCUT2D eigenvalue weighted by molar-refractivity contribution is 5.70. The van der Waals surface area contributed by atoms with Crippen LogP contribution in [-0.2, 0) is 9.53 Å². The van der Waals surface area contributed by atoms with Crippen LogP contribution in [0.15, 0.2) is 6.07 Å². The maximum Gasteiger partial charge on any atom is 0.307 e. The van der Waals surface area contributed by atoms with Crippen molar-refractivity contribution in [1.82, 2.24) is 9.97 Å². The summed E-state index contributed by atoms with van der Waals surface area (Å²) in [6, 6.07) is 1.82. The van der Waals surface area contributed by atoms with E-state index in [2.05, 4.69) is 20.6 Å². The summed E-state index contributed by atoms with van der Waals surface area (Å²) in [5.74, 6) is 2.29. The predicted octanol–water partition coefficient (Wildman–Crippen LogP) is 2.01. The number of carbonyl (C=O) groups excluding carboxylic acids is 1.